The Morgan fingerprint density at radius 2 is 1.72 bits per heavy atom. The number of guanidine groups is 1. The number of hydrogen-bond donors (Lipinski definition) is 2. The van der Waals surface area contributed by atoms with Crippen LogP contribution in [0.3, 0.4) is 0 Å². The van der Waals surface area contributed by atoms with Crippen LogP contribution in [0.25, 0.3) is 0 Å². The highest BCUT2D eigenvalue weighted by Gasteiger charge is 2.44. The Labute approximate surface area is 207 Å². The number of benzene rings is 2. The zero-order valence-electron chi connectivity index (χ0n) is 20.0. The van der Waals surface area contributed by atoms with Gasteiger partial charge in [-0.05, 0) is 44.2 Å². The molecule has 36 heavy (non-hydrogen) atoms. The third kappa shape index (κ3) is 4.99. The number of rotatable bonds is 5. The number of amides is 3. The first-order valence-corrected chi connectivity index (χ1v) is 11.1. The number of carbonyl (C=O) groups excluding carboxylic acids is 3. The molecule has 0 bridgehead atoms. The number of aryl methyl sites for hydroxylation is 2. The minimum atomic E-state index is -1.15. The van der Waals surface area contributed by atoms with Crippen molar-refractivity contribution in [2.45, 2.75) is 26.3 Å². The molecule has 184 valence electrons. The van der Waals surface area contributed by atoms with Crippen molar-refractivity contribution >= 4 is 35.3 Å². The zero-order valence-corrected chi connectivity index (χ0v) is 20.0. The highest BCUT2D eigenvalue weighted by molar-refractivity contribution is 6.23. The molecule has 1 unspecified atom stereocenters. The van der Waals surface area contributed by atoms with E-state index in [1.807, 2.05) is 0 Å². The topological polar surface area (TPSA) is 143 Å². The molecule has 1 aromatic heterocycles. The van der Waals surface area contributed by atoms with Gasteiger partial charge in [-0.15, -0.1) is 0 Å². The Bertz CT molecular complexity index is 1320. The normalized spacial score (nSPS) is 15.7. The van der Waals surface area contributed by atoms with Crippen LogP contribution in [0.1, 0.15) is 28.2 Å². The summed E-state index contributed by atoms with van der Waals surface area (Å²) < 4.78 is 5.28. The second-order valence-electron chi connectivity index (χ2n) is 8.05. The van der Waals surface area contributed by atoms with Gasteiger partial charge in [0.1, 0.15) is 11.8 Å². The van der Waals surface area contributed by atoms with Crippen molar-refractivity contribution in [2.75, 3.05) is 12.0 Å². The molecular weight excluding hydrogens is 462 g/mol. The molecule has 0 saturated carbocycles. The van der Waals surface area contributed by atoms with Crippen LogP contribution >= 0.6 is 0 Å². The van der Waals surface area contributed by atoms with Gasteiger partial charge in [0.2, 0.25) is 11.9 Å². The average molecular weight is 488 g/mol. The largest absolute Gasteiger partial charge is 0.496 e. The Balaban J connectivity index is 1.72. The van der Waals surface area contributed by atoms with Gasteiger partial charge < -0.3 is 10.5 Å². The minimum absolute atomic E-state index is 0.0539. The third-order valence-corrected chi connectivity index (χ3v) is 5.45. The molecule has 1 atom stereocenters. The number of para-hydroxylation sites is 2. The van der Waals surface area contributed by atoms with Gasteiger partial charge in [0, 0.05) is 11.4 Å². The smallest absolute Gasteiger partial charge is 0.273 e. The number of hydrogen-bond acceptors (Lipinski definition) is 7. The molecule has 2 aromatic carbocycles. The number of nitrogens with zero attached hydrogens (tertiary/aromatic N) is 5. The van der Waals surface area contributed by atoms with Crippen LogP contribution < -0.4 is 20.8 Å². The van der Waals surface area contributed by atoms with Crippen molar-refractivity contribution in [3.05, 3.63) is 77.6 Å². The number of ether oxygens (including phenoxy) is 1. The molecule has 1 aliphatic heterocycles. The van der Waals surface area contributed by atoms with Crippen LogP contribution in [0, 0.1) is 13.8 Å². The fourth-order valence-electron chi connectivity index (χ4n) is 3.88. The first kappa shape index (κ1) is 24.3. The first-order chi connectivity index (χ1) is 17.3. The molecule has 1 aliphatic rings. The summed E-state index contributed by atoms with van der Waals surface area (Å²) in [5, 5.41) is 1.08. The highest BCUT2D eigenvalue weighted by atomic mass is 16.5. The van der Waals surface area contributed by atoms with E-state index in [1.54, 1.807) is 74.5 Å². The van der Waals surface area contributed by atoms with Gasteiger partial charge in [0.25, 0.3) is 17.8 Å². The summed E-state index contributed by atoms with van der Waals surface area (Å²) in [5.41, 5.74) is 10.9. The quantitative estimate of drug-likeness (QED) is 0.241. The zero-order chi connectivity index (χ0) is 25.8. The van der Waals surface area contributed by atoms with Crippen molar-refractivity contribution in [1.82, 2.24) is 20.4 Å². The van der Waals surface area contributed by atoms with E-state index in [-0.39, 0.29) is 23.9 Å². The first-order valence-electron chi connectivity index (χ1n) is 11.1. The van der Waals surface area contributed by atoms with Crippen molar-refractivity contribution in [3.63, 3.8) is 0 Å². The van der Waals surface area contributed by atoms with Crippen molar-refractivity contribution in [1.29, 1.82) is 0 Å². The summed E-state index contributed by atoms with van der Waals surface area (Å²) in [6.45, 7) is 3.56. The maximum atomic E-state index is 13.4. The van der Waals surface area contributed by atoms with E-state index in [0.29, 0.717) is 22.8 Å². The summed E-state index contributed by atoms with van der Waals surface area (Å²) >= 11 is 0. The van der Waals surface area contributed by atoms with E-state index in [0.717, 1.165) is 9.91 Å². The van der Waals surface area contributed by atoms with Crippen molar-refractivity contribution in [3.8, 4) is 5.75 Å². The van der Waals surface area contributed by atoms with E-state index in [1.165, 1.54) is 7.11 Å². The monoisotopic (exact) mass is 487 g/mol. The lowest BCUT2D eigenvalue weighted by Gasteiger charge is -2.28. The van der Waals surface area contributed by atoms with E-state index in [2.05, 4.69) is 20.4 Å². The molecule has 0 aliphatic carbocycles. The predicted octanol–water partition coefficient (Wildman–Crippen LogP) is 2.03. The molecule has 1 fully saturated rings. The number of carbonyl (C=O) groups is 3. The lowest BCUT2D eigenvalue weighted by molar-refractivity contribution is -0.122. The van der Waals surface area contributed by atoms with Gasteiger partial charge >= 0.3 is 0 Å². The Morgan fingerprint density at radius 1 is 1.08 bits per heavy atom. The lowest BCUT2D eigenvalue weighted by Crippen LogP contribution is -2.57. The SMILES string of the molecule is COc1ccccc1C(=O)NN(C(N)=Nc1nc(C)cc(C)n1)C1CC(=O)N(c2ccccc2)C1=O. The minimum Gasteiger partial charge on any atom is -0.496 e. The summed E-state index contributed by atoms with van der Waals surface area (Å²) in [6, 6.07) is 15.7. The van der Waals surface area contributed by atoms with Gasteiger partial charge in [0.05, 0.1) is 24.8 Å². The second-order valence-corrected chi connectivity index (χ2v) is 8.05. The molecule has 4 rings (SSSR count). The maximum Gasteiger partial charge on any atom is 0.273 e. The Morgan fingerprint density at radius 3 is 2.39 bits per heavy atom. The summed E-state index contributed by atoms with van der Waals surface area (Å²) in [4.78, 5) is 53.3. The number of nitrogens with one attached hydrogen (secondary N) is 1. The number of imide groups is 1. The number of aromatic nitrogens is 2. The van der Waals surface area contributed by atoms with E-state index >= 15 is 0 Å². The van der Waals surface area contributed by atoms with Gasteiger partial charge in [-0.25, -0.2) is 19.9 Å². The molecule has 0 radical (unpaired) electrons. The van der Waals surface area contributed by atoms with Crippen LogP contribution in [0.15, 0.2) is 65.7 Å². The van der Waals surface area contributed by atoms with E-state index in [4.69, 9.17) is 10.5 Å². The number of hydrazine groups is 1. The summed E-state index contributed by atoms with van der Waals surface area (Å²) in [6.07, 6.45) is -0.232. The van der Waals surface area contributed by atoms with E-state index < -0.39 is 23.8 Å². The molecule has 11 nitrogen and oxygen atoms in total. The predicted molar refractivity (Wildman–Crippen MR) is 132 cm³/mol. The van der Waals surface area contributed by atoms with Gasteiger partial charge in [-0.2, -0.15) is 4.99 Å². The number of anilines is 1. The molecule has 3 aromatic rings. The fourth-order valence-corrected chi connectivity index (χ4v) is 3.88. The summed E-state index contributed by atoms with van der Waals surface area (Å²) in [5.74, 6) is -1.50. The molecule has 0 spiro atoms. The van der Waals surface area contributed by atoms with Crippen molar-refractivity contribution in [2.24, 2.45) is 10.7 Å². The van der Waals surface area contributed by atoms with Crippen LogP contribution in [-0.4, -0.2) is 51.8 Å². The molecule has 3 N–H and O–H groups in total. The summed E-state index contributed by atoms with van der Waals surface area (Å²) in [7, 11) is 1.44. The standard InChI is InChI=1S/C25H25N7O4/c1-15-13-16(2)28-25(27-15)29-24(26)32(30-22(34)18-11-7-8-12-20(18)36-3)19-14-21(33)31(23(19)35)17-9-5-4-6-10-17/h4-13,19H,14H2,1-3H3,(H,30,34)(H2,26,27,28,29). The molecular formula is C25H25N7O4. The van der Waals surface area contributed by atoms with Gasteiger partial charge in [-0.3, -0.25) is 19.8 Å². The van der Waals surface area contributed by atoms with Gasteiger partial charge in [-0.1, -0.05) is 30.3 Å². The van der Waals surface area contributed by atoms with E-state index in [9.17, 15) is 14.4 Å². The lowest BCUT2D eigenvalue weighted by atomic mass is 10.2. The highest BCUT2D eigenvalue weighted by Crippen LogP contribution is 2.26. The second kappa shape index (κ2) is 10.2. The van der Waals surface area contributed by atoms with Crippen LogP contribution in [0.4, 0.5) is 11.6 Å². The van der Waals surface area contributed by atoms with Crippen LogP contribution in [0.2, 0.25) is 0 Å². The molecule has 11 heteroatoms. The van der Waals surface area contributed by atoms with Crippen LogP contribution in [-0.2, 0) is 9.59 Å². The Kier molecular flexibility index (Phi) is 6.91. The molecule has 1 saturated heterocycles. The fraction of sp³-hybridized carbons (Fsp3) is 0.200. The van der Waals surface area contributed by atoms with Crippen molar-refractivity contribution < 1.29 is 19.1 Å². The molecule has 2 heterocycles. The van der Waals surface area contributed by atoms with Gasteiger partial charge in [0.15, 0.2) is 0 Å². The third-order valence-electron chi connectivity index (χ3n) is 5.45. The number of methoxy groups -OCH3 is 1. The number of nitrogens with two attached hydrogens (primary N) is 1. The van der Waals surface area contributed by atoms with Crippen LogP contribution in [0.5, 0.6) is 5.75 Å². The number of aliphatic imine (C=N–C) groups is 1. The molecule has 3 amide bonds. The maximum absolute atomic E-state index is 13.4. The average Bonchev–Trinajstić information content (AvgIpc) is 3.15. The Hall–Kier alpha value is -4.80.